The van der Waals surface area contributed by atoms with Gasteiger partial charge in [0.25, 0.3) is 0 Å². The van der Waals surface area contributed by atoms with Crippen LogP contribution in [0.2, 0.25) is 5.02 Å². The van der Waals surface area contributed by atoms with E-state index in [2.05, 4.69) is 19.2 Å². The first-order valence-corrected chi connectivity index (χ1v) is 7.56. The highest BCUT2D eigenvalue weighted by Gasteiger charge is 2.33. The molecule has 1 nitrogen and oxygen atoms in total. The van der Waals surface area contributed by atoms with Crippen molar-refractivity contribution in [3.63, 3.8) is 0 Å². The molecular weight excluding hydrogens is 261 g/mol. The molecule has 0 spiro atoms. The second kappa shape index (κ2) is 6.23. The monoisotopic (exact) mass is 283 g/mol. The van der Waals surface area contributed by atoms with Gasteiger partial charge >= 0.3 is 0 Å². The molecule has 0 unspecified atom stereocenters. The first kappa shape index (κ1) is 14.8. The average molecular weight is 284 g/mol. The van der Waals surface area contributed by atoms with E-state index in [0.29, 0.717) is 11.5 Å². The Morgan fingerprint density at radius 1 is 1.32 bits per heavy atom. The van der Waals surface area contributed by atoms with Gasteiger partial charge in [-0.1, -0.05) is 44.4 Å². The minimum Gasteiger partial charge on any atom is -0.314 e. The van der Waals surface area contributed by atoms with Gasteiger partial charge in [0, 0.05) is 12.6 Å². The van der Waals surface area contributed by atoms with Gasteiger partial charge in [-0.05, 0) is 42.4 Å². The molecule has 1 aliphatic carbocycles. The molecule has 0 aliphatic heterocycles. The Balaban J connectivity index is 2.09. The molecular formula is C16H23ClFN. The van der Waals surface area contributed by atoms with Crippen molar-refractivity contribution >= 4 is 11.6 Å². The number of benzene rings is 1. The van der Waals surface area contributed by atoms with Gasteiger partial charge in [0.1, 0.15) is 5.82 Å². The van der Waals surface area contributed by atoms with Crippen LogP contribution in [0, 0.1) is 11.2 Å². The molecule has 0 atom stereocenters. The van der Waals surface area contributed by atoms with Gasteiger partial charge in [0.05, 0.1) is 5.02 Å². The van der Waals surface area contributed by atoms with E-state index in [1.54, 1.807) is 12.1 Å². The van der Waals surface area contributed by atoms with Crippen LogP contribution in [-0.2, 0) is 6.42 Å². The van der Waals surface area contributed by atoms with Crippen LogP contribution in [0.25, 0.3) is 0 Å². The highest BCUT2D eigenvalue weighted by atomic mass is 35.5. The summed E-state index contributed by atoms with van der Waals surface area (Å²) in [6.45, 7) is 5.37. The quantitative estimate of drug-likeness (QED) is 0.834. The van der Waals surface area contributed by atoms with Crippen LogP contribution in [0.5, 0.6) is 0 Å². The van der Waals surface area contributed by atoms with Crippen LogP contribution >= 0.6 is 11.6 Å². The van der Waals surface area contributed by atoms with Crippen molar-refractivity contribution in [2.75, 3.05) is 6.54 Å². The summed E-state index contributed by atoms with van der Waals surface area (Å²) >= 11 is 5.75. The lowest BCUT2D eigenvalue weighted by molar-refractivity contribution is 0.269. The fraction of sp³-hybridized carbons (Fsp3) is 0.625. The van der Waals surface area contributed by atoms with Crippen molar-refractivity contribution in [3.8, 4) is 0 Å². The van der Waals surface area contributed by atoms with E-state index in [1.807, 2.05) is 6.07 Å². The maximum Gasteiger partial charge on any atom is 0.142 e. The van der Waals surface area contributed by atoms with Crippen LogP contribution in [0.3, 0.4) is 0 Å². The Bertz CT molecular complexity index is 425. The Labute approximate surface area is 120 Å². The van der Waals surface area contributed by atoms with Crippen molar-refractivity contribution in [2.24, 2.45) is 5.41 Å². The normalized spacial score (nSPS) is 18.2. The summed E-state index contributed by atoms with van der Waals surface area (Å²) in [5.41, 5.74) is 1.36. The van der Waals surface area contributed by atoms with Gasteiger partial charge in [-0.3, -0.25) is 0 Å². The molecule has 0 amide bonds. The van der Waals surface area contributed by atoms with Crippen molar-refractivity contribution in [1.82, 2.24) is 5.32 Å². The summed E-state index contributed by atoms with van der Waals surface area (Å²) in [6, 6.07) is 5.73. The van der Waals surface area contributed by atoms with Gasteiger partial charge in [0.15, 0.2) is 0 Å². The Morgan fingerprint density at radius 2 is 2.00 bits per heavy atom. The van der Waals surface area contributed by atoms with Crippen molar-refractivity contribution in [1.29, 1.82) is 0 Å². The predicted octanol–water partition coefficient (Wildman–Crippen LogP) is 4.58. The van der Waals surface area contributed by atoms with Gasteiger partial charge in [-0.2, -0.15) is 0 Å². The van der Waals surface area contributed by atoms with Crippen LogP contribution < -0.4 is 5.32 Å². The lowest BCUT2D eigenvalue weighted by atomic mass is 9.79. The molecule has 1 fully saturated rings. The summed E-state index contributed by atoms with van der Waals surface area (Å²) in [5.74, 6) is -0.302. The van der Waals surface area contributed by atoms with Crippen molar-refractivity contribution < 1.29 is 4.39 Å². The maximum absolute atomic E-state index is 13.5. The molecule has 0 aromatic heterocycles. The van der Waals surface area contributed by atoms with Gasteiger partial charge in [-0.15, -0.1) is 0 Å². The molecule has 106 valence electrons. The van der Waals surface area contributed by atoms with Crippen molar-refractivity contribution in [3.05, 3.63) is 34.6 Å². The zero-order valence-electron chi connectivity index (χ0n) is 11.8. The van der Waals surface area contributed by atoms with Crippen LogP contribution in [0.4, 0.5) is 4.39 Å². The van der Waals surface area contributed by atoms with Crippen LogP contribution in [0.1, 0.15) is 45.1 Å². The number of rotatable bonds is 5. The molecule has 1 aliphatic rings. The molecule has 0 heterocycles. The molecule has 1 aromatic carbocycles. The zero-order chi connectivity index (χ0) is 13.9. The van der Waals surface area contributed by atoms with E-state index >= 15 is 0 Å². The second-order valence-electron chi connectivity index (χ2n) is 6.17. The molecule has 0 bridgehead atoms. The summed E-state index contributed by atoms with van der Waals surface area (Å²) < 4.78 is 13.5. The summed E-state index contributed by atoms with van der Waals surface area (Å²) in [4.78, 5) is 0. The molecule has 0 radical (unpaired) electrons. The third-order valence-corrected chi connectivity index (χ3v) is 4.42. The minimum atomic E-state index is -0.302. The summed E-state index contributed by atoms with van der Waals surface area (Å²) in [6.07, 6.45) is 5.99. The molecule has 1 N–H and O–H groups in total. The first-order valence-electron chi connectivity index (χ1n) is 7.18. The lowest BCUT2D eigenvalue weighted by Crippen LogP contribution is -2.37. The third-order valence-electron chi connectivity index (χ3n) is 4.11. The molecule has 2 rings (SSSR count). The van der Waals surface area contributed by atoms with Gasteiger partial charge < -0.3 is 5.32 Å². The summed E-state index contributed by atoms with van der Waals surface area (Å²) in [5, 5.41) is 3.77. The molecule has 19 heavy (non-hydrogen) atoms. The molecule has 3 heteroatoms. The largest absolute Gasteiger partial charge is 0.314 e. The van der Waals surface area contributed by atoms with Crippen LogP contribution in [-0.4, -0.2) is 12.6 Å². The van der Waals surface area contributed by atoms with Crippen molar-refractivity contribution in [2.45, 2.75) is 52.0 Å². The second-order valence-corrected chi connectivity index (χ2v) is 6.58. The van der Waals surface area contributed by atoms with E-state index in [1.165, 1.54) is 25.7 Å². The topological polar surface area (TPSA) is 12.0 Å². The Morgan fingerprint density at radius 3 is 2.58 bits per heavy atom. The Hall–Kier alpha value is -0.600. The fourth-order valence-electron chi connectivity index (χ4n) is 3.04. The van der Waals surface area contributed by atoms with Gasteiger partial charge in [-0.25, -0.2) is 4.39 Å². The smallest absolute Gasteiger partial charge is 0.142 e. The Kier molecular flexibility index (Phi) is 4.86. The maximum atomic E-state index is 13.5. The van der Waals surface area contributed by atoms with E-state index < -0.39 is 0 Å². The van der Waals surface area contributed by atoms with E-state index in [9.17, 15) is 4.39 Å². The fourth-order valence-corrected chi connectivity index (χ4v) is 3.16. The number of hydrogen-bond acceptors (Lipinski definition) is 1. The van der Waals surface area contributed by atoms with Crippen LogP contribution in [0.15, 0.2) is 18.2 Å². The number of hydrogen-bond donors (Lipinski definition) is 1. The number of nitrogens with one attached hydrogen (secondary N) is 1. The first-order chi connectivity index (χ1) is 9.01. The highest BCUT2D eigenvalue weighted by molar-refractivity contribution is 6.30. The van der Waals surface area contributed by atoms with E-state index in [4.69, 9.17) is 11.6 Å². The zero-order valence-corrected chi connectivity index (χ0v) is 12.6. The number of halogens is 2. The highest BCUT2D eigenvalue weighted by Crippen LogP contribution is 2.40. The average Bonchev–Trinajstić information content (AvgIpc) is 2.81. The summed E-state index contributed by atoms with van der Waals surface area (Å²) in [7, 11) is 0. The van der Waals surface area contributed by atoms with E-state index in [0.717, 1.165) is 18.5 Å². The standard InChI is InChI=1S/C16H23ClFN/c1-12(2)19-11-16(7-3-4-8-16)10-13-5-6-14(17)15(18)9-13/h5-6,9,12,19H,3-4,7-8,10-11H2,1-2H3. The predicted molar refractivity (Wildman–Crippen MR) is 79.2 cm³/mol. The molecule has 0 saturated heterocycles. The SMILES string of the molecule is CC(C)NCC1(Cc2ccc(Cl)c(F)c2)CCCC1. The van der Waals surface area contributed by atoms with Gasteiger partial charge in [0.2, 0.25) is 0 Å². The van der Waals surface area contributed by atoms with E-state index in [-0.39, 0.29) is 10.8 Å². The molecule has 1 aromatic rings. The minimum absolute atomic E-state index is 0.213. The molecule has 1 saturated carbocycles. The lowest BCUT2D eigenvalue weighted by Gasteiger charge is -2.30. The third kappa shape index (κ3) is 3.93.